The SMILES string of the molecule is NCCN(CCN)C(=O)C[C@H](N)C(=O)N[C@@H](CC1CCNCC1)C(=O)Nc1c[nH+]c2ccccc2c1. The van der Waals surface area contributed by atoms with Crippen molar-refractivity contribution in [3.63, 3.8) is 0 Å². The molecule has 0 bridgehead atoms. The topological polar surface area (TPSA) is 183 Å². The van der Waals surface area contributed by atoms with Gasteiger partial charge in [0.2, 0.25) is 23.2 Å². The predicted molar refractivity (Wildman–Crippen MR) is 139 cm³/mol. The number of fused-ring (bicyclic) bond motifs is 1. The molecule has 1 aliphatic rings. The van der Waals surface area contributed by atoms with E-state index in [0.29, 0.717) is 25.2 Å². The maximum atomic E-state index is 13.3. The smallest absolute Gasteiger partial charge is 0.247 e. The van der Waals surface area contributed by atoms with Gasteiger partial charge in [-0.2, -0.15) is 0 Å². The highest BCUT2D eigenvalue weighted by Gasteiger charge is 2.29. The number of hydrogen-bond donors (Lipinski definition) is 6. The average Bonchev–Trinajstić information content (AvgIpc) is 2.88. The summed E-state index contributed by atoms with van der Waals surface area (Å²) in [7, 11) is 0. The molecule has 1 aliphatic heterocycles. The number of aromatic amines is 1. The molecule has 0 saturated carbocycles. The number of carbonyl (C=O) groups excluding carboxylic acids is 3. The summed E-state index contributed by atoms with van der Waals surface area (Å²) in [6.07, 6.45) is 3.86. The number of anilines is 1. The largest absolute Gasteiger partial charge is 0.343 e. The Morgan fingerprint density at radius 1 is 1.08 bits per heavy atom. The Balaban J connectivity index is 1.67. The summed E-state index contributed by atoms with van der Waals surface area (Å²) < 4.78 is 0. The van der Waals surface area contributed by atoms with Crippen LogP contribution in [0.25, 0.3) is 10.9 Å². The van der Waals surface area contributed by atoms with E-state index in [0.717, 1.165) is 36.8 Å². The molecule has 0 unspecified atom stereocenters. The lowest BCUT2D eigenvalue weighted by atomic mass is 9.90. The van der Waals surface area contributed by atoms with E-state index in [-0.39, 0.29) is 37.2 Å². The van der Waals surface area contributed by atoms with Gasteiger partial charge in [0, 0.05) is 37.6 Å². The van der Waals surface area contributed by atoms with E-state index in [2.05, 4.69) is 20.9 Å². The molecule has 1 saturated heterocycles. The Morgan fingerprint density at radius 3 is 2.47 bits per heavy atom. The van der Waals surface area contributed by atoms with Gasteiger partial charge in [-0.3, -0.25) is 14.4 Å². The van der Waals surface area contributed by atoms with E-state index in [9.17, 15) is 14.4 Å². The molecule has 1 fully saturated rings. The molecule has 10 N–H and O–H groups in total. The van der Waals surface area contributed by atoms with Crippen molar-refractivity contribution in [2.75, 3.05) is 44.6 Å². The molecule has 2 atom stereocenters. The Hall–Kier alpha value is -3.12. The summed E-state index contributed by atoms with van der Waals surface area (Å²) >= 11 is 0. The van der Waals surface area contributed by atoms with E-state index in [4.69, 9.17) is 17.2 Å². The molecular weight excluding hydrogens is 460 g/mol. The first-order valence-corrected chi connectivity index (χ1v) is 12.6. The van der Waals surface area contributed by atoms with Gasteiger partial charge in [-0.1, -0.05) is 12.1 Å². The second-order valence-electron chi connectivity index (χ2n) is 9.22. The number of nitrogens with zero attached hydrogens (tertiary/aromatic N) is 1. The van der Waals surface area contributed by atoms with Crippen molar-refractivity contribution >= 4 is 34.3 Å². The van der Waals surface area contributed by atoms with Crippen LogP contribution in [-0.4, -0.2) is 74.0 Å². The Morgan fingerprint density at radius 2 is 1.78 bits per heavy atom. The molecule has 11 heteroatoms. The van der Waals surface area contributed by atoms with Crippen LogP contribution in [0.5, 0.6) is 0 Å². The molecule has 3 rings (SSSR count). The van der Waals surface area contributed by atoms with Crippen LogP contribution in [0, 0.1) is 5.92 Å². The highest BCUT2D eigenvalue weighted by molar-refractivity contribution is 5.99. The molecule has 2 heterocycles. The standard InChI is InChI=1S/C25H38N8O3/c26-7-11-33(12-8-27)23(34)15-20(28)24(35)32-22(13-17-5-9-29-10-6-17)25(36)31-19-14-18-3-1-2-4-21(18)30-16-19/h1-4,14,16-17,20,22,29H,5-13,15,26-28H2,(H,31,36)(H,32,35)/p+1/t20-,22-/m0/s1. The lowest BCUT2D eigenvalue weighted by molar-refractivity contribution is -0.343. The number of para-hydroxylation sites is 1. The molecular formula is C25H39N8O3+. The molecule has 196 valence electrons. The van der Waals surface area contributed by atoms with Crippen LogP contribution >= 0.6 is 0 Å². The molecule has 11 nitrogen and oxygen atoms in total. The number of hydrogen-bond acceptors (Lipinski definition) is 7. The molecule has 2 aromatic rings. The summed E-state index contributed by atoms with van der Waals surface area (Å²) in [5.41, 5.74) is 18.8. The number of rotatable bonds is 12. The van der Waals surface area contributed by atoms with E-state index < -0.39 is 18.0 Å². The van der Waals surface area contributed by atoms with Crippen LogP contribution in [0.2, 0.25) is 0 Å². The number of nitrogens with two attached hydrogens (primary N) is 3. The number of aromatic nitrogens is 1. The number of nitrogens with one attached hydrogen (secondary N) is 4. The molecule has 1 aromatic carbocycles. The highest BCUT2D eigenvalue weighted by Crippen LogP contribution is 2.20. The fourth-order valence-electron chi connectivity index (χ4n) is 4.46. The number of amides is 3. The Labute approximate surface area is 211 Å². The van der Waals surface area contributed by atoms with Gasteiger partial charge in [0.05, 0.1) is 12.5 Å². The van der Waals surface area contributed by atoms with Gasteiger partial charge in [-0.05, 0) is 50.4 Å². The predicted octanol–water partition coefficient (Wildman–Crippen LogP) is -1.07. The van der Waals surface area contributed by atoms with Crippen molar-refractivity contribution in [3.8, 4) is 0 Å². The Kier molecular flexibility index (Phi) is 10.6. The molecule has 0 aliphatic carbocycles. The van der Waals surface area contributed by atoms with Gasteiger partial charge in [0.25, 0.3) is 0 Å². The Bertz CT molecular complexity index is 1020. The van der Waals surface area contributed by atoms with Gasteiger partial charge >= 0.3 is 0 Å². The zero-order chi connectivity index (χ0) is 25.9. The van der Waals surface area contributed by atoms with Gasteiger partial charge in [-0.15, -0.1) is 0 Å². The van der Waals surface area contributed by atoms with Crippen LogP contribution < -0.4 is 38.1 Å². The minimum absolute atomic E-state index is 0.187. The number of pyridine rings is 1. The lowest BCUT2D eigenvalue weighted by Crippen LogP contribution is -2.52. The summed E-state index contributed by atoms with van der Waals surface area (Å²) in [5.74, 6) is -0.868. The molecule has 1 aromatic heterocycles. The van der Waals surface area contributed by atoms with E-state index >= 15 is 0 Å². The average molecular weight is 500 g/mol. The second kappa shape index (κ2) is 13.8. The van der Waals surface area contributed by atoms with E-state index in [1.54, 1.807) is 6.20 Å². The zero-order valence-electron chi connectivity index (χ0n) is 20.7. The lowest BCUT2D eigenvalue weighted by Gasteiger charge is -2.28. The summed E-state index contributed by atoms with van der Waals surface area (Å²) in [6.45, 7) is 3.01. The number of carbonyl (C=O) groups is 3. The van der Waals surface area contributed by atoms with Crippen LogP contribution in [0.1, 0.15) is 25.7 Å². The van der Waals surface area contributed by atoms with E-state index in [1.807, 2.05) is 30.3 Å². The van der Waals surface area contributed by atoms with Crippen LogP contribution in [0.3, 0.4) is 0 Å². The molecule has 36 heavy (non-hydrogen) atoms. The first kappa shape index (κ1) is 27.5. The van der Waals surface area contributed by atoms with E-state index in [1.165, 1.54) is 4.90 Å². The third kappa shape index (κ3) is 7.95. The highest BCUT2D eigenvalue weighted by atomic mass is 16.2. The van der Waals surface area contributed by atoms with Crippen LogP contribution in [0.4, 0.5) is 5.69 Å². The quantitative estimate of drug-likeness (QED) is 0.215. The van der Waals surface area contributed by atoms with Crippen LogP contribution in [0.15, 0.2) is 36.5 Å². The molecule has 0 radical (unpaired) electrons. The maximum absolute atomic E-state index is 13.3. The monoisotopic (exact) mass is 499 g/mol. The van der Waals surface area contributed by atoms with Gasteiger partial charge in [0.15, 0.2) is 6.20 Å². The number of H-pyrrole nitrogens is 1. The van der Waals surface area contributed by atoms with Crippen molar-refractivity contribution in [3.05, 3.63) is 36.5 Å². The maximum Gasteiger partial charge on any atom is 0.247 e. The van der Waals surface area contributed by atoms with Crippen LogP contribution in [-0.2, 0) is 14.4 Å². The van der Waals surface area contributed by atoms with Gasteiger partial charge < -0.3 is 38.1 Å². The fraction of sp³-hybridized carbons (Fsp3) is 0.520. The summed E-state index contributed by atoms with van der Waals surface area (Å²) in [5, 5.41) is 9.99. The summed E-state index contributed by atoms with van der Waals surface area (Å²) in [6, 6.07) is 7.76. The third-order valence-electron chi connectivity index (χ3n) is 6.47. The fourth-order valence-corrected chi connectivity index (χ4v) is 4.46. The first-order chi connectivity index (χ1) is 17.4. The normalized spacial score (nSPS) is 15.8. The first-order valence-electron chi connectivity index (χ1n) is 12.6. The van der Waals surface area contributed by atoms with Crippen molar-refractivity contribution in [2.45, 2.75) is 37.8 Å². The minimum Gasteiger partial charge on any atom is -0.343 e. The summed E-state index contributed by atoms with van der Waals surface area (Å²) in [4.78, 5) is 43.5. The van der Waals surface area contributed by atoms with Crippen molar-refractivity contribution in [1.82, 2.24) is 15.5 Å². The molecule has 3 amide bonds. The van der Waals surface area contributed by atoms with Crippen molar-refractivity contribution in [1.29, 1.82) is 0 Å². The van der Waals surface area contributed by atoms with Gasteiger partial charge in [0.1, 0.15) is 11.7 Å². The minimum atomic E-state index is -1.09. The van der Waals surface area contributed by atoms with Crippen molar-refractivity contribution in [2.24, 2.45) is 23.1 Å². The third-order valence-corrected chi connectivity index (χ3v) is 6.47. The number of benzene rings is 1. The van der Waals surface area contributed by atoms with Gasteiger partial charge in [-0.25, -0.2) is 4.98 Å². The zero-order valence-corrected chi connectivity index (χ0v) is 20.7. The number of piperidine rings is 1. The molecule has 0 spiro atoms. The second-order valence-corrected chi connectivity index (χ2v) is 9.22. The van der Waals surface area contributed by atoms with Crippen molar-refractivity contribution < 1.29 is 19.4 Å².